The van der Waals surface area contributed by atoms with Crippen molar-refractivity contribution < 1.29 is 9.47 Å². The molecule has 118 valence electrons. The van der Waals surface area contributed by atoms with Gasteiger partial charge in [-0.3, -0.25) is 4.90 Å². The molecular weight excluding hydrogens is 264 g/mol. The first-order valence-corrected chi connectivity index (χ1v) is 7.81. The summed E-state index contributed by atoms with van der Waals surface area (Å²) in [5.74, 6) is 0.893. The Labute approximate surface area is 128 Å². The highest BCUT2D eigenvalue weighted by Gasteiger charge is 2.36. The van der Waals surface area contributed by atoms with E-state index in [1.165, 1.54) is 5.56 Å². The van der Waals surface area contributed by atoms with Gasteiger partial charge < -0.3 is 15.2 Å². The van der Waals surface area contributed by atoms with Gasteiger partial charge in [-0.15, -0.1) is 0 Å². The minimum atomic E-state index is 0.00680. The number of hydrogen-bond donors (Lipinski definition) is 1. The lowest BCUT2D eigenvalue weighted by molar-refractivity contribution is -0.0272. The molecule has 4 nitrogen and oxygen atoms in total. The zero-order chi connectivity index (χ0) is 15.3. The number of benzene rings is 1. The average molecular weight is 292 g/mol. The van der Waals surface area contributed by atoms with E-state index in [1.807, 2.05) is 12.1 Å². The number of morpholine rings is 1. The van der Waals surface area contributed by atoms with Gasteiger partial charge in [0.2, 0.25) is 0 Å². The first-order valence-electron chi connectivity index (χ1n) is 7.81. The molecule has 21 heavy (non-hydrogen) atoms. The fourth-order valence-corrected chi connectivity index (χ4v) is 3.07. The van der Waals surface area contributed by atoms with Crippen LogP contribution in [0.15, 0.2) is 24.3 Å². The third-order valence-corrected chi connectivity index (χ3v) is 4.84. The van der Waals surface area contributed by atoms with E-state index in [0.717, 1.165) is 44.9 Å². The number of ether oxygens (including phenoxy) is 2. The first-order chi connectivity index (χ1) is 10.1. The van der Waals surface area contributed by atoms with Crippen LogP contribution in [0.4, 0.5) is 0 Å². The molecule has 2 rings (SSSR count). The van der Waals surface area contributed by atoms with Crippen LogP contribution in [0.1, 0.15) is 25.8 Å². The Hall–Kier alpha value is -1.10. The molecular formula is C17H28N2O2. The molecule has 0 radical (unpaired) electrons. The van der Waals surface area contributed by atoms with Crippen LogP contribution in [0, 0.1) is 0 Å². The van der Waals surface area contributed by atoms with Crippen LogP contribution in [0.3, 0.4) is 0 Å². The summed E-state index contributed by atoms with van der Waals surface area (Å²) in [5.41, 5.74) is 7.83. The fourth-order valence-electron chi connectivity index (χ4n) is 3.07. The van der Waals surface area contributed by atoms with E-state index < -0.39 is 0 Å². The maximum atomic E-state index is 6.59. The second kappa shape index (κ2) is 7.25. The zero-order valence-corrected chi connectivity index (χ0v) is 13.5. The number of hydrogen-bond acceptors (Lipinski definition) is 4. The normalized spacial score (nSPS) is 20.8. The van der Waals surface area contributed by atoms with Crippen molar-refractivity contribution in [1.29, 1.82) is 0 Å². The molecule has 0 saturated carbocycles. The van der Waals surface area contributed by atoms with Crippen LogP contribution in [-0.4, -0.2) is 49.9 Å². The molecule has 2 N–H and O–H groups in total. The van der Waals surface area contributed by atoms with Crippen molar-refractivity contribution in [1.82, 2.24) is 4.90 Å². The number of nitrogens with two attached hydrogens (primary N) is 1. The van der Waals surface area contributed by atoms with E-state index in [9.17, 15) is 0 Å². The Morgan fingerprint density at radius 2 is 2.10 bits per heavy atom. The third kappa shape index (κ3) is 3.76. The predicted molar refractivity (Wildman–Crippen MR) is 85.8 cm³/mol. The first kappa shape index (κ1) is 16.3. The summed E-state index contributed by atoms with van der Waals surface area (Å²) >= 11 is 0. The van der Waals surface area contributed by atoms with Gasteiger partial charge in [-0.05, 0) is 37.5 Å². The maximum Gasteiger partial charge on any atom is 0.119 e. The van der Waals surface area contributed by atoms with Gasteiger partial charge in [-0.25, -0.2) is 0 Å². The Morgan fingerprint density at radius 3 is 2.71 bits per heavy atom. The molecule has 0 aromatic heterocycles. The fraction of sp³-hybridized carbons (Fsp3) is 0.647. The van der Waals surface area contributed by atoms with Gasteiger partial charge in [0, 0.05) is 24.7 Å². The monoisotopic (exact) mass is 292 g/mol. The third-order valence-electron chi connectivity index (χ3n) is 4.84. The van der Waals surface area contributed by atoms with Crippen molar-refractivity contribution >= 4 is 0 Å². The number of rotatable bonds is 6. The zero-order valence-electron chi connectivity index (χ0n) is 13.5. The van der Waals surface area contributed by atoms with E-state index >= 15 is 0 Å². The van der Waals surface area contributed by atoms with Crippen molar-refractivity contribution in [2.45, 2.75) is 38.3 Å². The molecule has 1 aliphatic rings. The van der Waals surface area contributed by atoms with Crippen LogP contribution < -0.4 is 10.5 Å². The van der Waals surface area contributed by atoms with E-state index in [-0.39, 0.29) is 11.6 Å². The van der Waals surface area contributed by atoms with E-state index in [1.54, 1.807) is 7.11 Å². The predicted octanol–water partition coefficient (Wildman–Crippen LogP) is 2.07. The summed E-state index contributed by atoms with van der Waals surface area (Å²) in [7, 11) is 1.70. The molecule has 2 unspecified atom stereocenters. The number of nitrogens with zero attached hydrogens (tertiary/aromatic N) is 1. The van der Waals surface area contributed by atoms with Crippen molar-refractivity contribution in [2.75, 3.05) is 33.4 Å². The SMILES string of the molecule is CCC(C)(C(N)Cc1cccc(OC)c1)N1CCOCC1. The van der Waals surface area contributed by atoms with Gasteiger partial charge in [0.25, 0.3) is 0 Å². The van der Waals surface area contributed by atoms with Crippen LogP contribution in [0.2, 0.25) is 0 Å². The highest BCUT2D eigenvalue weighted by atomic mass is 16.5. The minimum Gasteiger partial charge on any atom is -0.497 e. The molecule has 0 amide bonds. The number of methoxy groups -OCH3 is 1. The topological polar surface area (TPSA) is 47.7 Å². The highest BCUT2D eigenvalue weighted by Crippen LogP contribution is 2.26. The molecule has 4 heteroatoms. The quantitative estimate of drug-likeness (QED) is 0.872. The van der Waals surface area contributed by atoms with Crippen LogP contribution >= 0.6 is 0 Å². The average Bonchev–Trinajstić information content (AvgIpc) is 2.55. The largest absolute Gasteiger partial charge is 0.497 e. The van der Waals surface area contributed by atoms with Crippen molar-refractivity contribution in [3.63, 3.8) is 0 Å². The molecule has 1 aromatic rings. The standard InChI is InChI=1S/C17H28N2O2/c1-4-17(2,19-8-10-21-11-9-19)16(18)13-14-6-5-7-15(12-14)20-3/h5-7,12,16H,4,8-11,13,18H2,1-3H3. The second-order valence-electron chi connectivity index (χ2n) is 5.97. The van der Waals surface area contributed by atoms with E-state index in [0.29, 0.717) is 0 Å². The molecule has 2 atom stereocenters. The molecule has 1 aromatic carbocycles. The second-order valence-corrected chi connectivity index (χ2v) is 5.97. The van der Waals surface area contributed by atoms with E-state index in [2.05, 4.69) is 30.9 Å². The molecule has 1 saturated heterocycles. The molecule has 1 heterocycles. The van der Waals surface area contributed by atoms with Crippen LogP contribution in [0.5, 0.6) is 5.75 Å². The summed E-state index contributed by atoms with van der Waals surface area (Å²) in [4.78, 5) is 2.49. The molecule has 1 aliphatic heterocycles. The van der Waals surface area contributed by atoms with Crippen molar-refractivity contribution in [3.05, 3.63) is 29.8 Å². The van der Waals surface area contributed by atoms with Gasteiger partial charge >= 0.3 is 0 Å². The summed E-state index contributed by atoms with van der Waals surface area (Å²) < 4.78 is 10.8. The lowest BCUT2D eigenvalue weighted by Gasteiger charge is -2.46. The van der Waals surface area contributed by atoms with Gasteiger partial charge in [0.15, 0.2) is 0 Å². The van der Waals surface area contributed by atoms with Gasteiger partial charge in [-0.1, -0.05) is 19.1 Å². The minimum absolute atomic E-state index is 0.00680. The van der Waals surface area contributed by atoms with Crippen LogP contribution in [-0.2, 0) is 11.2 Å². The molecule has 0 aliphatic carbocycles. The van der Waals surface area contributed by atoms with Crippen molar-refractivity contribution in [3.8, 4) is 5.75 Å². The van der Waals surface area contributed by atoms with E-state index in [4.69, 9.17) is 15.2 Å². The molecule has 0 bridgehead atoms. The Kier molecular flexibility index (Phi) is 5.62. The van der Waals surface area contributed by atoms with Gasteiger partial charge in [0.1, 0.15) is 5.75 Å². The Morgan fingerprint density at radius 1 is 1.38 bits per heavy atom. The summed E-state index contributed by atoms with van der Waals surface area (Å²) in [6, 6.07) is 8.29. The maximum absolute atomic E-state index is 6.59. The lowest BCUT2D eigenvalue weighted by Crippen LogP contribution is -2.61. The molecule has 1 fully saturated rings. The highest BCUT2D eigenvalue weighted by molar-refractivity contribution is 5.29. The van der Waals surface area contributed by atoms with Crippen LogP contribution in [0.25, 0.3) is 0 Å². The summed E-state index contributed by atoms with van der Waals surface area (Å²) in [5, 5.41) is 0. The summed E-state index contributed by atoms with van der Waals surface area (Å²) in [6.45, 7) is 8.05. The lowest BCUT2D eigenvalue weighted by atomic mass is 9.84. The van der Waals surface area contributed by atoms with Gasteiger partial charge in [-0.2, -0.15) is 0 Å². The smallest absolute Gasteiger partial charge is 0.119 e. The van der Waals surface area contributed by atoms with Gasteiger partial charge in [0.05, 0.1) is 20.3 Å². The Bertz CT molecular complexity index is 446. The summed E-state index contributed by atoms with van der Waals surface area (Å²) in [6.07, 6.45) is 1.90. The van der Waals surface area contributed by atoms with Crippen molar-refractivity contribution in [2.24, 2.45) is 5.73 Å². The molecule has 0 spiro atoms. The Balaban J connectivity index is 2.09.